The minimum absolute atomic E-state index is 0.0154. The quantitative estimate of drug-likeness (QED) is 0.646. The summed E-state index contributed by atoms with van der Waals surface area (Å²) in [5.41, 5.74) is 6.70. The van der Waals surface area contributed by atoms with Crippen LogP contribution in [0.25, 0.3) is 0 Å². The number of thiophene rings is 1. The highest BCUT2D eigenvalue weighted by Gasteiger charge is 2.37. The molecule has 1 aliphatic rings. The summed E-state index contributed by atoms with van der Waals surface area (Å²) in [7, 11) is 1.51. The summed E-state index contributed by atoms with van der Waals surface area (Å²) >= 11 is 0.913. The predicted molar refractivity (Wildman–Crippen MR) is 113 cm³/mol. The maximum absolute atomic E-state index is 12.6. The minimum Gasteiger partial charge on any atom is -0.495 e. The highest BCUT2D eigenvalue weighted by molar-refractivity contribution is 7.18. The average molecular weight is 443 g/mol. The summed E-state index contributed by atoms with van der Waals surface area (Å²) < 4.78 is 15.7. The molecule has 2 aromatic rings. The lowest BCUT2D eigenvalue weighted by molar-refractivity contribution is -0.149. The van der Waals surface area contributed by atoms with E-state index in [2.05, 4.69) is 0 Å². The predicted octanol–water partition coefficient (Wildman–Crippen LogP) is 2.48. The minimum atomic E-state index is -0.690. The van der Waals surface area contributed by atoms with Crippen LogP contribution in [-0.4, -0.2) is 38.1 Å². The van der Waals surface area contributed by atoms with Crippen molar-refractivity contribution in [1.29, 1.82) is 5.26 Å². The van der Waals surface area contributed by atoms with Crippen LogP contribution in [-0.2, 0) is 25.7 Å². The Labute approximate surface area is 182 Å². The maximum Gasteiger partial charge on any atom is 0.348 e. The van der Waals surface area contributed by atoms with Crippen LogP contribution in [0.5, 0.6) is 5.75 Å². The highest BCUT2D eigenvalue weighted by Crippen LogP contribution is 2.34. The fourth-order valence-corrected chi connectivity index (χ4v) is 4.24. The van der Waals surface area contributed by atoms with Gasteiger partial charge in [0.1, 0.15) is 28.3 Å². The molecular weight excluding hydrogens is 422 g/mol. The SMILES string of the molecule is CCOC(=O)c1sc(N)c(C#N)c1COC(=O)[C@@H]1CC(=O)N(c2ccccc2OC)C1. The van der Waals surface area contributed by atoms with E-state index in [1.54, 1.807) is 31.2 Å². The Hall–Kier alpha value is -3.58. The van der Waals surface area contributed by atoms with E-state index in [1.165, 1.54) is 12.0 Å². The molecule has 0 aliphatic carbocycles. The average Bonchev–Trinajstić information content (AvgIpc) is 3.31. The van der Waals surface area contributed by atoms with Crippen LogP contribution in [0.4, 0.5) is 10.7 Å². The Kier molecular flexibility index (Phi) is 6.77. The number of methoxy groups -OCH3 is 1. The van der Waals surface area contributed by atoms with Crippen LogP contribution < -0.4 is 15.4 Å². The van der Waals surface area contributed by atoms with E-state index >= 15 is 0 Å². The van der Waals surface area contributed by atoms with Gasteiger partial charge >= 0.3 is 11.9 Å². The van der Waals surface area contributed by atoms with Crippen molar-refractivity contribution in [3.05, 3.63) is 40.3 Å². The van der Waals surface area contributed by atoms with Crippen molar-refractivity contribution in [1.82, 2.24) is 0 Å². The first-order valence-electron chi connectivity index (χ1n) is 9.49. The zero-order chi connectivity index (χ0) is 22.5. The first-order valence-corrected chi connectivity index (χ1v) is 10.3. The fraction of sp³-hybridized carbons (Fsp3) is 0.333. The zero-order valence-corrected chi connectivity index (χ0v) is 17.9. The Morgan fingerprint density at radius 3 is 2.74 bits per heavy atom. The van der Waals surface area contributed by atoms with Crippen molar-refractivity contribution in [3.8, 4) is 11.8 Å². The molecule has 3 rings (SSSR count). The lowest BCUT2D eigenvalue weighted by Gasteiger charge is -2.19. The monoisotopic (exact) mass is 443 g/mol. The zero-order valence-electron chi connectivity index (χ0n) is 17.0. The summed E-state index contributed by atoms with van der Waals surface area (Å²) in [6, 6.07) is 8.97. The number of nitrogens with two attached hydrogens (primary N) is 1. The molecule has 1 atom stereocenters. The van der Waals surface area contributed by atoms with Gasteiger partial charge < -0.3 is 24.8 Å². The standard InChI is InChI=1S/C21H21N3O6S/c1-3-29-21(27)18-14(13(9-22)19(23)31-18)11-30-20(26)12-8-17(25)24(10-12)15-6-4-5-7-16(15)28-2/h4-7,12H,3,8,10-11,23H2,1-2H3/t12-/m1/s1. The van der Waals surface area contributed by atoms with Gasteiger partial charge in [0, 0.05) is 18.5 Å². The van der Waals surface area contributed by atoms with Crippen LogP contribution in [0.3, 0.4) is 0 Å². The van der Waals surface area contributed by atoms with Gasteiger partial charge in [-0.25, -0.2) is 4.79 Å². The second-order valence-electron chi connectivity index (χ2n) is 6.67. The molecule has 1 aromatic carbocycles. The topological polar surface area (TPSA) is 132 Å². The van der Waals surface area contributed by atoms with Crippen molar-refractivity contribution < 1.29 is 28.6 Å². The lowest BCUT2D eigenvalue weighted by atomic mass is 10.1. The molecule has 1 saturated heterocycles. The number of hydrogen-bond acceptors (Lipinski definition) is 9. The summed E-state index contributed by atoms with van der Waals surface area (Å²) in [5, 5.41) is 9.51. The smallest absolute Gasteiger partial charge is 0.348 e. The Bertz CT molecular complexity index is 1060. The number of nitrogens with zero attached hydrogens (tertiary/aromatic N) is 2. The van der Waals surface area contributed by atoms with Crippen LogP contribution in [0.15, 0.2) is 24.3 Å². The van der Waals surface area contributed by atoms with Crippen LogP contribution >= 0.6 is 11.3 Å². The molecule has 0 radical (unpaired) electrons. The first-order chi connectivity index (χ1) is 14.9. The van der Waals surface area contributed by atoms with Gasteiger partial charge in [0.2, 0.25) is 5.91 Å². The number of para-hydroxylation sites is 2. The fourth-order valence-electron chi connectivity index (χ4n) is 3.32. The van der Waals surface area contributed by atoms with Gasteiger partial charge in [-0.3, -0.25) is 9.59 Å². The number of rotatable bonds is 7. The van der Waals surface area contributed by atoms with Gasteiger partial charge in [0.05, 0.1) is 30.9 Å². The van der Waals surface area contributed by atoms with E-state index in [0.717, 1.165) is 11.3 Å². The number of nitriles is 1. The number of carbonyl (C=O) groups excluding carboxylic acids is 3. The van der Waals surface area contributed by atoms with Crippen LogP contribution in [0, 0.1) is 17.2 Å². The third-order valence-corrected chi connectivity index (χ3v) is 5.84. The maximum atomic E-state index is 12.6. The van der Waals surface area contributed by atoms with Crippen molar-refractivity contribution in [2.75, 3.05) is 30.9 Å². The van der Waals surface area contributed by atoms with E-state index in [0.29, 0.717) is 11.4 Å². The number of amides is 1. The van der Waals surface area contributed by atoms with E-state index in [1.807, 2.05) is 6.07 Å². The molecule has 2 N–H and O–H groups in total. The molecule has 2 heterocycles. The largest absolute Gasteiger partial charge is 0.495 e. The molecule has 31 heavy (non-hydrogen) atoms. The van der Waals surface area contributed by atoms with Gasteiger partial charge in [-0.05, 0) is 19.1 Å². The number of esters is 2. The van der Waals surface area contributed by atoms with E-state index in [9.17, 15) is 19.6 Å². The number of nitrogen functional groups attached to an aromatic ring is 1. The second-order valence-corrected chi connectivity index (χ2v) is 7.72. The normalized spacial score (nSPS) is 15.5. The Balaban J connectivity index is 1.73. The van der Waals surface area contributed by atoms with E-state index in [-0.39, 0.29) is 53.1 Å². The van der Waals surface area contributed by atoms with Crippen LogP contribution in [0.2, 0.25) is 0 Å². The van der Waals surface area contributed by atoms with Crippen LogP contribution in [0.1, 0.15) is 34.1 Å². The van der Waals surface area contributed by atoms with E-state index < -0.39 is 17.9 Å². The number of anilines is 2. The number of carbonyl (C=O) groups is 3. The number of hydrogen-bond donors (Lipinski definition) is 1. The molecule has 0 saturated carbocycles. The molecule has 1 aliphatic heterocycles. The summed E-state index contributed by atoms with van der Waals surface area (Å²) in [6.07, 6.45) is -0.0154. The Morgan fingerprint density at radius 1 is 1.32 bits per heavy atom. The molecule has 9 nitrogen and oxygen atoms in total. The number of ether oxygens (including phenoxy) is 3. The van der Waals surface area contributed by atoms with Gasteiger partial charge in [0.25, 0.3) is 0 Å². The van der Waals surface area contributed by atoms with Gasteiger partial charge in [-0.1, -0.05) is 12.1 Å². The molecule has 1 fully saturated rings. The lowest BCUT2D eigenvalue weighted by Crippen LogP contribution is -2.26. The van der Waals surface area contributed by atoms with Crippen molar-refractivity contribution in [2.24, 2.45) is 5.92 Å². The van der Waals surface area contributed by atoms with Gasteiger partial charge in [-0.2, -0.15) is 5.26 Å². The summed E-state index contributed by atoms with van der Waals surface area (Å²) in [6.45, 7) is 1.63. The van der Waals surface area contributed by atoms with Crippen molar-refractivity contribution >= 4 is 39.9 Å². The number of benzene rings is 1. The third kappa shape index (κ3) is 4.46. The highest BCUT2D eigenvalue weighted by atomic mass is 32.1. The summed E-state index contributed by atoms with van der Waals surface area (Å²) in [5.74, 6) is -1.63. The molecule has 0 spiro atoms. The van der Waals surface area contributed by atoms with Gasteiger partial charge in [-0.15, -0.1) is 11.3 Å². The van der Waals surface area contributed by atoms with Gasteiger partial charge in [0.15, 0.2) is 0 Å². The first kappa shape index (κ1) is 22.1. The third-order valence-electron chi connectivity index (χ3n) is 4.80. The molecule has 1 aromatic heterocycles. The molecule has 10 heteroatoms. The Morgan fingerprint density at radius 2 is 2.06 bits per heavy atom. The van der Waals surface area contributed by atoms with Crippen molar-refractivity contribution in [2.45, 2.75) is 20.0 Å². The molecule has 0 bridgehead atoms. The van der Waals surface area contributed by atoms with Crippen molar-refractivity contribution in [3.63, 3.8) is 0 Å². The molecule has 0 unspecified atom stereocenters. The molecule has 1 amide bonds. The molecular formula is C21H21N3O6S. The second kappa shape index (κ2) is 9.49. The van der Waals surface area contributed by atoms with E-state index in [4.69, 9.17) is 19.9 Å². The molecule has 162 valence electrons. The summed E-state index contributed by atoms with van der Waals surface area (Å²) in [4.78, 5) is 38.9.